The van der Waals surface area contributed by atoms with Gasteiger partial charge in [-0.05, 0) is 25.0 Å². The molecule has 1 aliphatic carbocycles. The molecule has 15 heavy (non-hydrogen) atoms. The van der Waals surface area contributed by atoms with Crippen molar-refractivity contribution in [3.05, 3.63) is 23.0 Å². The molecule has 1 fully saturated rings. The maximum Gasteiger partial charge on any atom is 0.129 e. The van der Waals surface area contributed by atoms with Crippen LogP contribution in [0.4, 0.5) is 5.69 Å². The predicted octanol–water partition coefficient (Wildman–Crippen LogP) is 3.65. The molecule has 1 aromatic rings. The highest BCUT2D eigenvalue weighted by Crippen LogP contribution is 2.45. The Morgan fingerprint density at radius 2 is 2.20 bits per heavy atom. The first kappa shape index (κ1) is 7.39. The zero-order valence-electron chi connectivity index (χ0n) is 10.3. The summed E-state index contributed by atoms with van der Waals surface area (Å²) in [6, 6.07) is 3.55. The van der Waals surface area contributed by atoms with Crippen LogP contribution in [0.1, 0.15) is 40.5 Å². The van der Waals surface area contributed by atoms with Crippen LogP contribution in [0.25, 0.3) is 0 Å². The smallest absolute Gasteiger partial charge is 0.129 e. The van der Waals surface area contributed by atoms with Crippen LogP contribution < -0.4 is 0 Å². The monoisotopic (exact) mass is 222 g/mol. The lowest BCUT2D eigenvalue weighted by Crippen LogP contribution is -2.29. The molecular weight excluding hydrogens is 208 g/mol. The van der Waals surface area contributed by atoms with Crippen molar-refractivity contribution in [3.63, 3.8) is 0 Å². The zero-order chi connectivity index (χ0) is 12.0. The van der Waals surface area contributed by atoms with Gasteiger partial charge in [-0.2, -0.15) is 0 Å². The number of hydrogen-bond donors (Lipinski definition) is 0. The standard InChI is InChI=1S/C12H13ClN2/c13-10-5-4-9-11(15-10)12(8-14-9)6-2-1-3-7-12/h4-5,8H,1-3,6-7H2/i1D,8D. The third-order valence-electron chi connectivity index (χ3n) is 3.23. The molecule has 0 amide bonds. The minimum absolute atomic E-state index is 0.00309. The van der Waals surface area contributed by atoms with E-state index in [1.54, 1.807) is 6.07 Å². The minimum atomic E-state index is -0.363. The first-order valence-corrected chi connectivity index (χ1v) is 5.65. The molecule has 0 atom stereocenters. The fraction of sp³-hybridized carbons (Fsp3) is 0.500. The third kappa shape index (κ3) is 1.39. The fourth-order valence-electron chi connectivity index (χ4n) is 2.41. The third-order valence-corrected chi connectivity index (χ3v) is 3.44. The molecule has 1 spiro atoms. The molecule has 1 aliphatic heterocycles. The number of rotatable bonds is 0. The molecular formula is C12H13ClN2. The summed E-state index contributed by atoms with van der Waals surface area (Å²) in [6.07, 6.45) is 3.61. The van der Waals surface area contributed by atoms with Crippen LogP contribution in [0.2, 0.25) is 5.15 Å². The molecule has 2 aliphatic rings. The van der Waals surface area contributed by atoms with Crippen molar-refractivity contribution in [3.8, 4) is 0 Å². The van der Waals surface area contributed by atoms with Gasteiger partial charge in [0.05, 0.1) is 18.2 Å². The Kier molecular flexibility index (Phi) is 1.63. The Labute approximate surface area is 97.2 Å². The van der Waals surface area contributed by atoms with E-state index in [0.29, 0.717) is 11.3 Å². The molecule has 3 rings (SSSR count). The van der Waals surface area contributed by atoms with Crippen LogP contribution in [-0.2, 0) is 5.41 Å². The predicted molar refractivity (Wildman–Crippen MR) is 62.2 cm³/mol. The van der Waals surface area contributed by atoms with Crippen LogP contribution >= 0.6 is 11.6 Å². The highest BCUT2D eigenvalue weighted by molar-refractivity contribution is 6.29. The quantitative estimate of drug-likeness (QED) is 0.615. The van der Waals surface area contributed by atoms with Crippen LogP contribution in [0.3, 0.4) is 0 Å². The van der Waals surface area contributed by atoms with Crippen molar-refractivity contribution in [2.75, 3.05) is 0 Å². The molecule has 1 saturated carbocycles. The van der Waals surface area contributed by atoms with E-state index < -0.39 is 0 Å². The SMILES string of the molecule is [2H]C1=Nc2ccc(Cl)nc2C12CCC([2H])CC2. The summed E-state index contributed by atoms with van der Waals surface area (Å²) in [4.78, 5) is 8.67. The minimum Gasteiger partial charge on any atom is -0.258 e. The zero-order valence-corrected chi connectivity index (χ0v) is 9.09. The number of nitrogens with zero attached hydrogens (tertiary/aromatic N) is 2. The van der Waals surface area contributed by atoms with Gasteiger partial charge in [-0.1, -0.05) is 30.8 Å². The van der Waals surface area contributed by atoms with E-state index in [2.05, 4.69) is 9.98 Å². The first-order valence-electron chi connectivity index (χ1n) is 6.35. The van der Waals surface area contributed by atoms with Crippen molar-refractivity contribution >= 4 is 23.5 Å². The van der Waals surface area contributed by atoms with Gasteiger partial charge in [0.1, 0.15) is 5.15 Å². The van der Waals surface area contributed by atoms with Crippen LogP contribution in [0.5, 0.6) is 0 Å². The molecule has 78 valence electrons. The van der Waals surface area contributed by atoms with E-state index in [9.17, 15) is 0 Å². The molecule has 1 aromatic heterocycles. The van der Waals surface area contributed by atoms with E-state index in [0.717, 1.165) is 37.1 Å². The Morgan fingerprint density at radius 3 is 3.00 bits per heavy atom. The van der Waals surface area contributed by atoms with Crippen LogP contribution in [-0.4, -0.2) is 11.2 Å². The topological polar surface area (TPSA) is 25.2 Å². The Hall–Kier alpha value is -0.890. The highest BCUT2D eigenvalue weighted by atomic mass is 35.5. The Balaban J connectivity index is 2.07. The summed E-state index contributed by atoms with van der Waals surface area (Å²) in [5, 5.41) is 0.459. The second kappa shape index (κ2) is 3.31. The van der Waals surface area contributed by atoms with Crippen molar-refractivity contribution in [1.82, 2.24) is 4.98 Å². The number of pyridine rings is 1. The number of aromatic nitrogens is 1. The Bertz CT molecular complexity index is 493. The molecule has 0 N–H and O–H groups in total. The summed E-state index contributed by atoms with van der Waals surface area (Å²) in [7, 11) is 0. The molecule has 0 bridgehead atoms. The van der Waals surface area contributed by atoms with Crippen molar-refractivity contribution in [1.29, 1.82) is 0 Å². The summed E-state index contributed by atoms with van der Waals surface area (Å²) < 4.78 is 15.9. The van der Waals surface area contributed by atoms with E-state index >= 15 is 0 Å². The maximum absolute atomic E-state index is 8.10. The molecule has 2 nitrogen and oxygen atoms in total. The number of hydrogen-bond acceptors (Lipinski definition) is 2. The normalized spacial score (nSPS) is 35.8. The van der Waals surface area contributed by atoms with Gasteiger partial charge in [0, 0.05) is 7.56 Å². The van der Waals surface area contributed by atoms with Gasteiger partial charge in [-0.15, -0.1) is 0 Å². The van der Waals surface area contributed by atoms with E-state index in [1.807, 2.05) is 6.07 Å². The average Bonchev–Trinajstić information content (AvgIpc) is 2.57. The van der Waals surface area contributed by atoms with Gasteiger partial charge < -0.3 is 0 Å². The lowest BCUT2D eigenvalue weighted by Gasteiger charge is -2.30. The van der Waals surface area contributed by atoms with Gasteiger partial charge in [0.25, 0.3) is 0 Å². The highest BCUT2D eigenvalue weighted by Gasteiger charge is 2.38. The molecule has 3 heteroatoms. The summed E-state index contributed by atoms with van der Waals surface area (Å²) in [5.74, 6) is 0. The lowest BCUT2D eigenvalue weighted by atomic mass is 9.73. The van der Waals surface area contributed by atoms with Gasteiger partial charge in [0.2, 0.25) is 0 Å². The second-order valence-electron chi connectivity index (χ2n) is 4.17. The average molecular weight is 223 g/mol. The lowest BCUT2D eigenvalue weighted by molar-refractivity contribution is 0.384. The van der Waals surface area contributed by atoms with Gasteiger partial charge in [0.15, 0.2) is 0 Å². The van der Waals surface area contributed by atoms with E-state index in [-0.39, 0.29) is 11.8 Å². The summed E-state index contributed by atoms with van der Waals surface area (Å²) in [5.41, 5.74) is 1.27. The first-order chi connectivity index (χ1) is 8.12. The fourth-order valence-corrected chi connectivity index (χ4v) is 2.55. The molecule has 0 radical (unpaired) electrons. The van der Waals surface area contributed by atoms with E-state index in [1.165, 1.54) is 0 Å². The Morgan fingerprint density at radius 1 is 1.40 bits per heavy atom. The number of halogens is 1. The van der Waals surface area contributed by atoms with Crippen molar-refractivity contribution in [2.45, 2.75) is 37.5 Å². The molecule has 0 aromatic carbocycles. The maximum atomic E-state index is 8.10. The summed E-state index contributed by atoms with van der Waals surface area (Å²) in [6.45, 7) is 0. The van der Waals surface area contributed by atoms with Gasteiger partial charge in [-0.3, -0.25) is 4.99 Å². The van der Waals surface area contributed by atoms with Crippen LogP contribution in [0, 0.1) is 0 Å². The molecule has 0 saturated heterocycles. The van der Waals surface area contributed by atoms with Gasteiger partial charge in [-0.25, -0.2) is 4.98 Å². The van der Waals surface area contributed by atoms with Crippen molar-refractivity contribution < 1.29 is 2.74 Å². The van der Waals surface area contributed by atoms with Gasteiger partial charge >= 0.3 is 0 Å². The summed E-state index contributed by atoms with van der Waals surface area (Å²) >= 11 is 5.94. The molecule has 0 unspecified atom stereocenters. The van der Waals surface area contributed by atoms with E-state index in [4.69, 9.17) is 14.3 Å². The van der Waals surface area contributed by atoms with Crippen LogP contribution in [0.15, 0.2) is 17.1 Å². The number of aliphatic imine (C=N–C) groups is 1. The van der Waals surface area contributed by atoms with Crippen molar-refractivity contribution in [2.24, 2.45) is 4.99 Å². The molecule has 2 heterocycles. The second-order valence-corrected chi connectivity index (χ2v) is 4.56. The number of fused-ring (bicyclic) bond motifs is 2. The largest absolute Gasteiger partial charge is 0.258 e.